The van der Waals surface area contributed by atoms with E-state index in [1.807, 2.05) is 13.8 Å². The van der Waals surface area contributed by atoms with Crippen molar-refractivity contribution >= 4 is 5.91 Å². The molecule has 0 atom stereocenters. The Balaban J connectivity index is 2.97. The summed E-state index contributed by atoms with van der Waals surface area (Å²) >= 11 is 0. The standard InChI is InChI=1S/C8H17NO2/c1-7(2)11-6-4-3-5-8(9)10/h7H,3-6H2,1-2H3,(H2,9,10). The molecule has 0 aromatic heterocycles. The van der Waals surface area contributed by atoms with Crippen molar-refractivity contribution in [1.29, 1.82) is 0 Å². The van der Waals surface area contributed by atoms with Crippen LogP contribution in [0.15, 0.2) is 0 Å². The zero-order chi connectivity index (χ0) is 8.69. The van der Waals surface area contributed by atoms with Crippen LogP contribution in [0, 0.1) is 0 Å². The molecule has 0 unspecified atom stereocenters. The zero-order valence-electron chi connectivity index (χ0n) is 7.30. The van der Waals surface area contributed by atoms with E-state index in [1.165, 1.54) is 0 Å². The van der Waals surface area contributed by atoms with Crippen LogP contribution < -0.4 is 5.73 Å². The fourth-order valence-electron chi connectivity index (χ4n) is 0.720. The van der Waals surface area contributed by atoms with Crippen molar-refractivity contribution in [2.75, 3.05) is 6.61 Å². The van der Waals surface area contributed by atoms with Gasteiger partial charge >= 0.3 is 0 Å². The van der Waals surface area contributed by atoms with Crippen molar-refractivity contribution in [2.24, 2.45) is 5.73 Å². The number of amides is 1. The van der Waals surface area contributed by atoms with Crippen LogP contribution in [0.4, 0.5) is 0 Å². The Morgan fingerprint density at radius 2 is 2.09 bits per heavy atom. The molecule has 2 N–H and O–H groups in total. The molecule has 0 spiro atoms. The molecule has 1 amide bonds. The van der Waals surface area contributed by atoms with Crippen LogP contribution in [0.2, 0.25) is 0 Å². The summed E-state index contributed by atoms with van der Waals surface area (Å²) in [6, 6.07) is 0. The predicted octanol–water partition coefficient (Wildman–Crippen LogP) is 1.07. The first kappa shape index (κ1) is 10.4. The van der Waals surface area contributed by atoms with Crippen LogP contribution in [0.25, 0.3) is 0 Å². The van der Waals surface area contributed by atoms with E-state index >= 15 is 0 Å². The van der Waals surface area contributed by atoms with Crippen molar-refractivity contribution in [1.82, 2.24) is 0 Å². The first-order chi connectivity index (χ1) is 5.13. The molecule has 0 aliphatic carbocycles. The number of primary amides is 1. The molecule has 0 saturated carbocycles. The molecule has 0 saturated heterocycles. The summed E-state index contributed by atoms with van der Waals surface area (Å²) in [4.78, 5) is 10.3. The van der Waals surface area contributed by atoms with Crippen LogP contribution in [0.3, 0.4) is 0 Å². The van der Waals surface area contributed by atoms with Crippen molar-refractivity contribution in [2.45, 2.75) is 39.2 Å². The van der Waals surface area contributed by atoms with Crippen LogP contribution in [-0.4, -0.2) is 18.6 Å². The van der Waals surface area contributed by atoms with E-state index in [9.17, 15) is 4.79 Å². The van der Waals surface area contributed by atoms with E-state index in [1.54, 1.807) is 0 Å². The molecular formula is C8H17NO2. The third kappa shape index (κ3) is 9.43. The number of nitrogens with two attached hydrogens (primary N) is 1. The first-order valence-corrected chi connectivity index (χ1v) is 4.03. The summed E-state index contributed by atoms with van der Waals surface area (Å²) in [5, 5.41) is 0. The van der Waals surface area contributed by atoms with E-state index in [2.05, 4.69) is 0 Å². The van der Waals surface area contributed by atoms with Gasteiger partial charge in [-0.3, -0.25) is 4.79 Å². The Labute approximate surface area is 67.9 Å². The highest BCUT2D eigenvalue weighted by Gasteiger charge is 1.95. The fourth-order valence-corrected chi connectivity index (χ4v) is 0.720. The van der Waals surface area contributed by atoms with Crippen LogP contribution >= 0.6 is 0 Å². The molecule has 0 fully saturated rings. The van der Waals surface area contributed by atoms with E-state index < -0.39 is 0 Å². The number of carbonyl (C=O) groups excluding carboxylic acids is 1. The highest BCUT2D eigenvalue weighted by molar-refractivity contribution is 5.73. The van der Waals surface area contributed by atoms with Crippen LogP contribution in [0.5, 0.6) is 0 Å². The van der Waals surface area contributed by atoms with Crippen LogP contribution in [-0.2, 0) is 9.53 Å². The van der Waals surface area contributed by atoms with Crippen molar-refractivity contribution in [3.8, 4) is 0 Å². The van der Waals surface area contributed by atoms with Gasteiger partial charge in [-0.05, 0) is 26.7 Å². The summed E-state index contributed by atoms with van der Waals surface area (Å²) in [6.07, 6.45) is 2.51. The van der Waals surface area contributed by atoms with Crippen molar-refractivity contribution in [3.05, 3.63) is 0 Å². The largest absolute Gasteiger partial charge is 0.379 e. The number of hydrogen-bond donors (Lipinski definition) is 1. The highest BCUT2D eigenvalue weighted by Crippen LogP contribution is 1.96. The zero-order valence-corrected chi connectivity index (χ0v) is 7.30. The predicted molar refractivity (Wildman–Crippen MR) is 44.1 cm³/mol. The van der Waals surface area contributed by atoms with Crippen molar-refractivity contribution in [3.63, 3.8) is 0 Å². The fraction of sp³-hybridized carbons (Fsp3) is 0.875. The van der Waals surface area contributed by atoms with Gasteiger partial charge < -0.3 is 10.5 Å². The summed E-state index contributed by atoms with van der Waals surface area (Å²) in [5.41, 5.74) is 4.95. The van der Waals surface area contributed by atoms with E-state index in [0.29, 0.717) is 6.42 Å². The summed E-state index contributed by atoms with van der Waals surface area (Å²) in [7, 11) is 0. The second-order valence-corrected chi connectivity index (χ2v) is 2.84. The van der Waals surface area contributed by atoms with Crippen molar-refractivity contribution < 1.29 is 9.53 Å². The lowest BCUT2D eigenvalue weighted by Gasteiger charge is -2.05. The smallest absolute Gasteiger partial charge is 0.217 e. The minimum Gasteiger partial charge on any atom is -0.379 e. The molecule has 11 heavy (non-hydrogen) atoms. The topological polar surface area (TPSA) is 52.3 Å². The number of unbranched alkanes of at least 4 members (excludes halogenated alkanes) is 1. The Morgan fingerprint density at radius 3 is 2.55 bits per heavy atom. The molecular weight excluding hydrogens is 142 g/mol. The lowest BCUT2D eigenvalue weighted by molar-refractivity contribution is -0.118. The van der Waals surface area contributed by atoms with Gasteiger partial charge in [0.2, 0.25) is 5.91 Å². The summed E-state index contributed by atoms with van der Waals surface area (Å²) in [6.45, 7) is 4.72. The van der Waals surface area contributed by atoms with E-state index in [4.69, 9.17) is 10.5 Å². The maximum atomic E-state index is 10.3. The van der Waals surface area contributed by atoms with Gasteiger partial charge in [-0.25, -0.2) is 0 Å². The van der Waals surface area contributed by atoms with Crippen LogP contribution in [0.1, 0.15) is 33.1 Å². The minimum absolute atomic E-state index is 0.227. The normalized spacial score (nSPS) is 10.5. The summed E-state index contributed by atoms with van der Waals surface area (Å²) < 4.78 is 5.27. The molecule has 0 rings (SSSR count). The molecule has 0 bridgehead atoms. The number of ether oxygens (including phenoxy) is 1. The van der Waals surface area contributed by atoms with Gasteiger partial charge in [0.25, 0.3) is 0 Å². The molecule has 0 radical (unpaired) electrons. The molecule has 3 nitrogen and oxygen atoms in total. The summed E-state index contributed by atoms with van der Waals surface area (Å²) in [5.74, 6) is -0.227. The van der Waals surface area contributed by atoms with E-state index in [-0.39, 0.29) is 12.0 Å². The molecule has 0 aromatic carbocycles. The van der Waals surface area contributed by atoms with Gasteiger partial charge in [0.15, 0.2) is 0 Å². The maximum absolute atomic E-state index is 10.3. The lowest BCUT2D eigenvalue weighted by Crippen LogP contribution is -2.10. The van der Waals surface area contributed by atoms with Gasteiger partial charge in [-0.2, -0.15) is 0 Å². The number of hydrogen-bond acceptors (Lipinski definition) is 2. The van der Waals surface area contributed by atoms with Gasteiger partial charge in [-0.15, -0.1) is 0 Å². The SMILES string of the molecule is CC(C)OCCCCC(N)=O. The monoisotopic (exact) mass is 159 g/mol. The Bertz CT molecular complexity index is 113. The Hall–Kier alpha value is -0.570. The van der Waals surface area contributed by atoms with E-state index in [0.717, 1.165) is 19.4 Å². The molecule has 0 aromatic rings. The Kier molecular flexibility index (Phi) is 5.84. The van der Waals surface area contributed by atoms with Gasteiger partial charge in [0.05, 0.1) is 6.10 Å². The molecule has 0 aliphatic heterocycles. The lowest BCUT2D eigenvalue weighted by atomic mass is 10.2. The minimum atomic E-state index is -0.227. The Morgan fingerprint density at radius 1 is 1.45 bits per heavy atom. The van der Waals surface area contributed by atoms with Gasteiger partial charge in [0.1, 0.15) is 0 Å². The van der Waals surface area contributed by atoms with Gasteiger partial charge in [0, 0.05) is 13.0 Å². The quantitative estimate of drug-likeness (QED) is 0.589. The number of carbonyl (C=O) groups is 1. The van der Waals surface area contributed by atoms with Gasteiger partial charge in [-0.1, -0.05) is 0 Å². The number of rotatable bonds is 6. The second-order valence-electron chi connectivity index (χ2n) is 2.84. The maximum Gasteiger partial charge on any atom is 0.217 e. The molecule has 3 heteroatoms. The second kappa shape index (κ2) is 6.16. The molecule has 66 valence electrons. The molecule has 0 heterocycles. The third-order valence-corrected chi connectivity index (χ3v) is 1.27. The third-order valence-electron chi connectivity index (χ3n) is 1.27. The molecule has 0 aliphatic rings. The average Bonchev–Trinajstić information content (AvgIpc) is 1.85. The average molecular weight is 159 g/mol. The highest BCUT2D eigenvalue weighted by atomic mass is 16.5. The first-order valence-electron chi connectivity index (χ1n) is 4.03.